The van der Waals surface area contributed by atoms with Crippen LogP contribution in [0.15, 0.2) is 91.4 Å². The van der Waals surface area contributed by atoms with Gasteiger partial charge in [0.25, 0.3) is 0 Å². The molecule has 7 nitrogen and oxygen atoms in total. The van der Waals surface area contributed by atoms with Crippen molar-refractivity contribution in [2.24, 2.45) is 11.7 Å². The lowest BCUT2D eigenvalue weighted by Gasteiger charge is -2.52. The smallest absolute Gasteiger partial charge is 0.165 e. The van der Waals surface area contributed by atoms with Crippen LogP contribution in [0.25, 0.3) is 50.2 Å². The normalized spacial score (nSPS) is 22.2. The molecule has 0 aliphatic heterocycles. The molecule has 0 amide bonds. The van der Waals surface area contributed by atoms with Gasteiger partial charge in [0.1, 0.15) is 0 Å². The molecule has 0 spiro atoms. The predicted molar refractivity (Wildman–Crippen MR) is 160 cm³/mol. The maximum absolute atomic E-state index is 10.9. The second-order valence-corrected chi connectivity index (χ2v) is 11.8. The zero-order valence-corrected chi connectivity index (χ0v) is 22.8. The van der Waals surface area contributed by atoms with Crippen molar-refractivity contribution >= 4 is 16.7 Å². The molecule has 4 aromatic heterocycles. The molecule has 0 atom stereocenters. The van der Waals surface area contributed by atoms with Crippen molar-refractivity contribution in [2.45, 2.75) is 43.7 Å². The second kappa shape index (κ2) is 8.77. The van der Waals surface area contributed by atoms with Crippen molar-refractivity contribution in [1.29, 1.82) is 0 Å². The van der Waals surface area contributed by atoms with E-state index in [0.717, 1.165) is 74.3 Å². The molecule has 6 aromatic rings. The Morgan fingerprint density at radius 1 is 0.878 bits per heavy atom. The highest BCUT2D eigenvalue weighted by atomic mass is 16.3. The summed E-state index contributed by atoms with van der Waals surface area (Å²) in [4.78, 5) is 14.3. The summed E-state index contributed by atoms with van der Waals surface area (Å²) in [5.74, 6) is 0.421. The van der Waals surface area contributed by atoms with Gasteiger partial charge in [0.2, 0.25) is 0 Å². The molecule has 2 aromatic carbocycles. The standard InChI is InChI=1S/C34H30N6O/c1-21-29(23-13-15-36-16-14-23)32-37-18-25-17-28(22-5-3-2-4-6-22)30(38-31(25)40(32)39-21)24-7-9-26(10-8-24)33(35)19-34(41,20-33)27-11-12-27/h2-10,13-18,27,41H,11-12,19-20,35H2,1H3/t33-,34-. The Morgan fingerprint density at radius 2 is 1.61 bits per heavy atom. The van der Waals surface area contributed by atoms with Crippen molar-refractivity contribution in [1.82, 2.24) is 24.6 Å². The predicted octanol–water partition coefficient (Wildman–Crippen LogP) is 6.07. The molecule has 3 N–H and O–H groups in total. The summed E-state index contributed by atoms with van der Waals surface area (Å²) < 4.78 is 1.86. The maximum atomic E-state index is 10.9. The summed E-state index contributed by atoms with van der Waals surface area (Å²) in [6.45, 7) is 2.00. The van der Waals surface area contributed by atoms with Crippen molar-refractivity contribution < 1.29 is 5.11 Å². The number of hydrogen-bond donors (Lipinski definition) is 2. The van der Waals surface area contributed by atoms with E-state index >= 15 is 0 Å². The molecule has 41 heavy (non-hydrogen) atoms. The number of nitrogens with zero attached hydrogens (tertiary/aromatic N) is 5. The molecule has 4 heterocycles. The summed E-state index contributed by atoms with van der Waals surface area (Å²) >= 11 is 0. The number of aromatic nitrogens is 5. The van der Waals surface area contributed by atoms with Crippen LogP contribution in [0, 0.1) is 12.8 Å². The minimum Gasteiger partial charge on any atom is -0.389 e. The first kappa shape index (κ1) is 24.3. The van der Waals surface area contributed by atoms with E-state index in [9.17, 15) is 5.11 Å². The molecular formula is C34H30N6O. The number of pyridine rings is 2. The van der Waals surface area contributed by atoms with Crippen molar-refractivity contribution in [3.05, 3.63) is 103 Å². The van der Waals surface area contributed by atoms with Crippen molar-refractivity contribution in [3.63, 3.8) is 0 Å². The van der Waals surface area contributed by atoms with Gasteiger partial charge in [0, 0.05) is 46.2 Å². The number of aryl methyl sites for hydroxylation is 1. The highest BCUT2D eigenvalue weighted by Gasteiger charge is 2.58. The van der Waals surface area contributed by atoms with Gasteiger partial charge < -0.3 is 10.8 Å². The largest absolute Gasteiger partial charge is 0.389 e. The summed E-state index contributed by atoms with van der Waals surface area (Å²) in [7, 11) is 0. The fraction of sp³-hybridized carbons (Fsp3) is 0.235. The first-order valence-corrected chi connectivity index (χ1v) is 14.2. The van der Waals surface area contributed by atoms with E-state index in [2.05, 4.69) is 47.4 Å². The maximum Gasteiger partial charge on any atom is 0.165 e. The van der Waals surface area contributed by atoms with Gasteiger partial charge >= 0.3 is 0 Å². The van der Waals surface area contributed by atoms with E-state index in [4.69, 9.17) is 20.8 Å². The van der Waals surface area contributed by atoms with Crippen molar-refractivity contribution in [3.8, 4) is 33.5 Å². The lowest BCUT2D eigenvalue weighted by atomic mass is 9.60. The number of nitrogens with two attached hydrogens (primary N) is 1. The average Bonchev–Trinajstić information content (AvgIpc) is 3.79. The van der Waals surface area contributed by atoms with Crippen LogP contribution < -0.4 is 5.73 Å². The second-order valence-electron chi connectivity index (χ2n) is 11.8. The van der Waals surface area contributed by atoms with Crippen LogP contribution in [0.3, 0.4) is 0 Å². The van der Waals surface area contributed by atoms with E-state index in [0.29, 0.717) is 18.8 Å². The summed E-state index contributed by atoms with van der Waals surface area (Å²) in [6, 6.07) is 24.8. The number of rotatable bonds is 5. The van der Waals surface area contributed by atoms with Gasteiger partial charge in [-0.1, -0.05) is 54.6 Å². The van der Waals surface area contributed by atoms with Crippen LogP contribution in [-0.4, -0.2) is 35.3 Å². The monoisotopic (exact) mass is 538 g/mol. The highest BCUT2D eigenvalue weighted by molar-refractivity contribution is 5.92. The summed E-state index contributed by atoms with van der Waals surface area (Å²) in [5.41, 5.74) is 15.1. The Balaban J connectivity index is 1.27. The molecule has 2 aliphatic rings. The highest BCUT2D eigenvalue weighted by Crippen LogP contribution is 2.57. The third-order valence-corrected chi connectivity index (χ3v) is 8.96. The summed E-state index contributed by atoms with van der Waals surface area (Å²) in [5, 5.41) is 16.7. The minimum absolute atomic E-state index is 0.421. The molecule has 0 bridgehead atoms. The van der Waals surface area contributed by atoms with Crippen LogP contribution >= 0.6 is 0 Å². The molecule has 0 unspecified atom stereocenters. The lowest BCUT2D eigenvalue weighted by Crippen LogP contribution is -2.60. The quantitative estimate of drug-likeness (QED) is 0.276. The SMILES string of the molecule is Cc1nn2c(ncc3cc(-c4ccccc4)c(-c4ccc([C@]5(N)C[C@@](O)(C6CC6)C5)cc4)nc32)c1-c1ccncc1. The molecule has 8 rings (SSSR count). The Hall–Kier alpha value is -4.46. The fourth-order valence-corrected chi connectivity index (χ4v) is 6.73. The van der Waals surface area contributed by atoms with Crippen LogP contribution in [0.2, 0.25) is 0 Å². The minimum atomic E-state index is -0.593. The molecule has 2 fully saturated rings. The zero-order valence-electron chi connectivity index (χ0n) is 22.8. The van der Waals surface area contributed by atoms with E-state index in [1.165, 1.54) is 0 Å². The van der Waals surface area contributed by atoms with Gasteiger partial charge in [-0.15, -0.1) is 0 Å². The Labute approximate surface area is 237 Å². The first-order valence-electron chi connectivity index (χ1n) is 14.2. The van der Waals surface area contributed by atoms with Crippen LogP contribution in [0.5, 0.6) is 0 Å². The molecule has 0 saturated heterocycles. The molecule has 0 radical (unpaired) electrons. The summed E-state index contributed by atoms with van der Waals surface area (Å²) in [6.07, 6.45) is 8.93. The third-order valence-electron chi connectivity index (χ3n) is 8.96. The number of hydrogen-bond acceptors (Lipinski definition) is 6. The number of fused-ring (bicyclic) bond motifs is 3. The van der Waals surface area contributed by atoms with E-state index in [1.54, 1.807) is 12.4 Å². The fourth-order valence-electron chi connectivity index (χ4n) is 6.73. The molecular weight excluding hydrogens is 508 g/mol. The van der Waals surface area contributed by atoms with Gasteiger partial charge in [-0.3, -0.25) is 4.98 Å². The third kappa shape index (κ3) is 3.88. The van der Waals surface area contributed by atoms with E-state index in [1.807, 2.05) is 48.0 Å². The lowest BCUT2D eigenvalue weighted by molar-refractivity contribution is -0.106. The topological polar surface area (TPSA) is 102 Å². The first-order chi connectivity index (χ1) is 19.9. The van der Waals surface area contributed by atoms with Crippen LogP contribution in [0.4, 0.5) is 0 Å². The van der Waals surface area contributed by atoms with Crippen molar-refractivity contribution in [2.75, 3.05) is 0 Å². The van der Waals surface area contributed by atoms with E-state index < -0.39 is 11.1 Å². The molecule has 202 valence electrons. The zero-order chi connectivity index (χ0) is 27.8. The van der Waals surface area contributed by atoms with Crippen LogP contribution in [-0.2, 0) is 5.54 Å². The van der Waals surface area contributed by atoms with Gasteiger partial charge in [0.15, 0.2) is 11.3 Å². The van der Waals surface area contributed by atoms with Gasteiger partial charge in [-0.05, 0) is 73.4 Å². The van der Waals surface area contributed by atoms with Crippen LogP contribution in [0.1, 0.15) is 36.9 Å². The van der Waals surface area contributed by atoms with E-state index in [-0.39, 0.29) is 0 Å². The molecule has 2 aliphatic carbocycles. The Bertz CT molecular complexity index is 1920. The molecule has 2 saturated carbocycles. The van der Waals surface area contributed by atoms with Gasteiger partial charge in [-0.25, -0.2) is 9.97 Å². The Morgan fingerprint density at radius 3 is 2.32 bits per heavy atom. The number of aliphatic hydroxyl groups is 1. The Kier molecular flexibility index (Phi) is 5.21. The molecule has 7 heteroatoms. The van der Waals surface area contributed by atoms with Gasteiger partial charge in [0.05, 0.1) is 17.0 Å². The number of benzene rings is 2. The van der Waals surface area contributed by atoms with Gasteiger partial charge in [-0.2, -0.15) is 9.61 Å². The average molecular weight is 539 g/mol.